The Labute approximate surface area is 113 Å². The van der Waals surface area contributed by atoms with Crippen LogP contribution in [-0.2, 0) is 0 Å². The molecule has 0 unspecified atom stereocenters. The van der Waals surface area contributed by atoms with Gasteiger partial charge in [0, 0.05) is 5.56 Å². The number of aromatic nitrogens is 2. The quantitative estimate of drug-likeness (QED) is 0.812. The number of benzene rings is 1. The molecule has 0 atom stereocenters. The molecule has 0 bridgehead atoms. The molecule has 1 N–H and O–H groups in total. The van der Waals surface area contributed by atoms with Gasteiger partial charge in [-0.15, -0.1) is 0 Å². The van der Waals surface area contributed by atoms with Crippen molar-refractivity contribution in [1.29, 1.82) is 0 Å². The van der Waals surface area contributed by atoms with Crippen LogP contribution in [0.1, 0.15) is 16.8 Å². The summed E-state index contributed by atoms with van der Waals surface area (Å²) in [5.74, 6) is 0.647. The van der Waals surface area contributed by atoms with Crippen LogP contribution < -0.4 is 5.56 Å². The largest absolute Gasteiger partial charge is 0.306 e. The second-order valence-electron chi connectivity index (χ2n) is 4.06. The summed E-state index contributed by atoms with van der Waals surface area (Å²) >= 11 is 2.01. The Kier molecular flexibility index (Phi) is 3.33. The SMILES string of the molecule is Cc1cccc(-c2nc(C)c(I)c(=O)[nH]2)c1C. The number of rotatable bonds is 1. The lowest BCUT2D eigenvalue weighted by Crippen LogP contribution is -2.14. The molecule has 0 aliphatic heterocycles. The monoisotopic (exact) mass is 340 g/mol. The summed E-state index contributed by atoms with van der Waals surface area (Å²) in [7, 11) is 0. The average Bonchev–Trinajstić information content (AvgIpc) is 2.29. The molecule has 0 saturated carbocycles. The molecule has 88 valence electrons. The Morgan fingerprint density at radius 1 is 1.24 bits per heavy atom. The molecular formula is C13H13IN2O. The Morgan fingerprint density at radius 3 is 2.59 bits per heavy atom. The van der Waals surface area contributed by atoms with E-state index in [1.54, 1.807) is 0 Å². The number of nitrogens with zero attached hydrogens (tertiary/aromatic N) is 1. The third kappa shape index (κ3) is 2.26. The van der Waals surface area contributed by atoms with Gasteiger partial charge in [0.1, 0.15) is 5.82 Å². The fraction of sp³-hybridized carbons (Fsp3) is 0.231. The minimum atomic E-state index is -0.0750. The van der Waals surface area contributed by atoms with Gasteiger partial charge in [-0.05, 0) is 54.5 Å². The summed E-state index contributed by atoms with van der Waals surface area (Å²) < 4.78 is 0.650. The third-order valence-corrected chi connectivity index (χ3v) is 4.16. The second-order valence-corrected chi connectivity index (χ2v) is 5.14. The van der Waals surface area contributed by atoms with Crippen LogP contribution in [0.3, 0.4) is 0 Å². The zero-order chi connectivity index (χ0) is 12.6. The first-order valence-corrected chi connectivity index (χ1v) is 6.41. The van der Waals surface area contributed by atoms with Crippen molar-refractivity contribution in [2.45, 2.75) is 20.8 Å². The smallest absolute Gasteiger partial charge is 0.264 e. The van der Waals surface area contributed by atoms with E-state index in [4.69, 9.17) is 0 Å². The van der Waals surface area contributed by atoms with Crippen molar-refractivity contribution in [1.82, 2.24) is 9.97 Å². The van der Waals surface area contributed by atoms with Gasteiger partial charge in [-0.2, -0.15) is 0 Å². The summed E-state index contributed by atoms with van der Waals surface area (Å²) in [4.78, 5) is 19.0. The number of nitrogens with one attached hydrogen (secondary N) is 1. The summed E-state index contributed by atoms with van der Waals surface area (Å²) in [6.07, 6.45) is 0. The Balaban J connectivity index is 2.70. The van der Waals surface area contributed by atoms with Gasteiger partial charge in [0.25, 0.3) is 5.56 Å². The number of aryl methyl sites for hydroxylation is 2. The van der Waals surface area contributed by atoms with Crippen LogP contribution in [-0.4, -0.2) is 9.97 Å². The molecule has 1 aromatic heterocycles. The van der Waals surface area contributed by atoms with Gasteiger partial charge in [-0.25, -0.2) is 4.98 Å². The average molecular weight is 340 g/mol. The third-order valence-electron chi connectivity index (χ3n) is 2.89. The summed E-state index contributed by atoms with van der Waals surface area (Å²) in [6, 6.07) is 6.01. The van der Waals surface area contributed by atoms with Crippen LogP contribution >= 0.6 is 22.6 Å². The summed E-state index contributed by atoms with van der Waals surface area (Å²) in [5.41, 5.74) is 4.03. The van der Waals surface area contributed by atoms with E-state index in [1.807, 2.05) is 48.6 Å². The first-order chi connectivity index (χ1) is 8.00. The molecule has 0 aliphatic rings. The highest BCUT2D eigenvalue weighted by Crippen LogP contribution is 2.22. The first-order valence-electron chi connectivity index (χ1n) is 5.33. The Hall–Kier alpha value is -1.17. The van der Waals surface area contributed by atoms with Crippen molar-refractivity contribution in [3.63, 3.8) is 0 Å². The lowest BCUT2D eigenvalue weighted by atomic mass is 10.0. The number of H-pyrrole nitrogens is 1. The molecule has 4 heteroatoms. The Bertz CT molecular complexity index is 632. The van der Waals surface area contributed by atoms with Crippen LogP contribution in [0, 0.1) is 24.3 Å². The van der Waals surface area contributed by atoms with Gasteiger partial charge in [0.2, 0.25) is 0 Å². The van der Waals surface area contributed by atoms with Crippen molar-refractivity contribution < 1.29 is 0 Å². The van der Waals surface area contributed by atoms with Gasteiger partial charge in [-0.1, -0.05) is 18.2 Å². The maximum absolute atomic E-state index is 11.7. The van der Waals surface area contributed by atoms with E-state index in [9.17, 15) is 4.79 Å². The molecule has 1 aromatic carbocycles. The first kappa shape index (κ1) is 12.3. The highest BCUT2D eigenvalue weighted by Gasteiger charge is 2.09. The summed E-state index contributed by atoms with van der Waals surface area (Å²) in [5, 5.41) is 0. The molecule has 0 fully saturated rings. The molecule has 0 radical (unpaired) electrons. The molecule has 2 aromatic rings. The topological polar surface area (TPSA) is 45.8 Å². The zero-order valence-electron chi connectivity index (χ0n) is 9.97. The number of aromatic amines is 1. The van der Waals surface area contributed by atoms with Crippen molar-refractivity contribution in [3.8, 4) is 11.4 Å². The van der Waals surface area contributed by atoms with Gasteiger partial charge in [0.15, 0.2) is 0 Å². The van der Waals surface area contributed by atoms with E-state index in [0.717, 1.165) is 16.8 Å². The second kappa shape index (κ2) is 4.60. The number of hydrogen-bond donors (Lipinski definition) is 1. The van der Waals surface area contributed by atoms with Gasteiger partial charge in [0.05, 0.1) is 9.26 Å². The molecule has 0 aliphatic carbocycles. The molecular weight excluding hydrogens is 327 g/mol. The lowest BCUT2D eigenvalue weighted by molar-refractivity contribution is 1.05. The molecule has 17 heavy (non-hydrogen) atoms. The number of halogens is 1. The van der Waals surface area contributed by atoms with Crippen LogP contribution in [0.2, 0.25) is 0 Å². The van der Waals surface area contributed by atoms with Crippen LogP contribution in [0.5, 0.6) is 0 Å². The van der Waals surface area contributed by atoms with Gasteiger partial charge >= 0.3 is 0 Å². The normalized spacial score (nSPS) is 10.6. The predicted octanol–water partition coefficient (Wildman–Crippen LogP) is 2.97. The minimum Gasteiger partial charge on any atom is -0.306 e. The van der Waals surface area contributed by atoms with Crippen molar-refractivity contribution >= 4 is 22.6 Å². The van der Waals surface area contributed by atoms with Crippen LogP contribution in [0.15, 0.2) is 23.0 Å². The number of hydrogen-bond acceptors (Lipinski definition) is 2. The van der Waals surface area contributed by atoms with Gasteiger partial charge in [-0.3, -0.25) is 4.79 Å². The highest BCUT2D eigenvalue weighted by atomic mass is 127. The standard InChI is InChI=1S/C13H13IN2O/c1-7-5-4-6-10(8(7)2)12-15-9(3)11(14)13(17)16-12/h4-6H,1-3H3,(H,15,16,17). The maximum Gasteiger partial charge on any atom is 0.264 e. The van der Waals surface area contributed by atoms with E-state index < -0.39 is 0 Å². The molecule has 0 spiro atoms. The van der Waals surface area contributed by atoms with E-state index >= 15 is 0 Å². The van der Waals surface area contributed by atoms with E-state index in [0.29, 0.717) is 9.39 Å². The fourth-order valence-corrected chi connectivity index (χ4v) is 1.96. The van der Waals surface area contributed by atoms with Gasteiger partial charge < -0.3 is 4.98 Å². The van der Waals surface area contributed by atoms with E-state index in [-0.39, 0.29) is 5.56 Å². The molecule has 0 saturated heterocycles. The molecule has 2 rings (SSSR count). The lowest BCUT2D eigenvalue weighted by Gasteiger charge is -2.08. The van der Waals surface area contributed by atoms with Crippen LogP contribution in [0.4, 0.5) is 0 Å². The molecule has 1 heterocycles. The molecule has 0 amide bonds. The van der Waals surface area contributed by atoms with Crippen LogP contribution in [0.25, 0.3) is 11.4 Å². The predicted molar refractivity (Wildman–Crippen MR) is 77.2 cm³/mol. The van der Waals surface area contributed by atoms with Crippen molar-refractivity contribution in [3.05, 3.63) is 48.9 Å². The zero-order valence-corrected chi connectivity index (χ0v) is 12.1. The van der Waals surface area contributed by atoms with Crippen molar-refractivity contribution in [2.24, 2.45) is 0 Å². The summed E-state index contributed by atoms with van der Waals surface area (Å²) in [6.45, 7) is 5.94. The van der Waals surface area contributed by atoms with E-state index in [1.165, 1.54) is 5.56 Å². The maximum atomic E-state index is 11.7. The fourth-order valence-electron chi connectivity index (χ4n) is 1.71. The van der Waals surface area contributed by atoms with E-state index in [2.05, 4.69) is 23.0 Å². The van der Waals surface area contributed by atoms with Crippen molar-refractivity contribution in [2.75, 3.05) is 0 Å². The minimum absolute atomic E-state index is 0.0750. The molecule has 3 nitrogen and oxygen atoms in total. The highest BCUT2D eigenvalue weighted by molar-refractivity contribution is 14.1. The Morgan fingerprint density at radius 2 is 1.94 bits per heavy atom.